The highest BCUT2D eigenvalue weighted by Crippen LogP contribution is 2.54. The number of nitrogens with zero attached hydrogens (tertiary/aromatic N) is 1. The predicted molar refractivity (Wildman–Crippen MR) is 137 cm³/mol. The summed E-state index contributed by atoms with van der Waals surface area (Å²) in [5, 5.41) is 3.42. The fourth-order valence-electron chi connectivity index (χ4n) is 5.24. The summed E-state index contributed by atoms with van der Waals surface area (Å²) in [6.45, 7) is 4.19. The van der Waals surface area contributed by atoms with Crippen LogP contribution in [0.4, 0.5) is 10.2 Å². The van der Waals surface area contributed by atoms with E-state index in [1.54, 1.807) is 12.1 Å². The first-order valence-corrected chi connectivity index (χ1v) is 12.0. The highest BCUT2D eigenvalue weighted by atomic mass is 35.5. The smallest absolute Gasteiger partial charge is 0.293 e. The van der Waals surface area contributed by atoms with Crippen molar-refractivity contribution in [3.63, 3.8) is 0 Å². The quantitative estimate of drug-likeness (QED) is 0.438. The summed E-state index contributed by atoms with van der Waals surface area (Å²) in [4.78, 5) is 17.3. The van der Waals surface area contributed by atoms with Crippen LogP contribution in [0, 0.1) is 19.9 Å². The van der Waals surface area contributed by atoms with Crippen molar-refractivity contribution >= 4 is 28.9 Å². The molecule has 0 saturated carbocycles. The van der Waals surface area contributed by atoms with E-state index in [1.807, 2.05) is 50.2 Å². The lowest BCUT2D eigenvalue weighted by Gasteiger charge is -2.17. The number of allylic oxidation sites excluding steroid dienone is 6. The maximum absolute atomic E-state index is 14.4. The Morgan fingerprint density at radius 1 is 1.11 bits per heavy atom. The fraction of sp³-hybridized carbons (Fsp3) is 0.172. The van der Waals surface area contributed by atoms with Gasteiger partial charge in [0, 0.05) is 35.0 Å². The molecule has 0 spiro atoms. The molecule has 36 heavy (non-hydrogen) atoms. The van der Waals surface area contributed by atoms with Crippen LogP contribution in [0.2, 0.25) is 0 Å². The molecule has 3 heterocycles. The third-order valence-electron chi connectivity index (χ3n) is 7.00. The van der Waals surface area contributed by atoms with Crippen LogP contribution >= 0.6 is 11.6 Å². The molecule has 0 saturated heterocycles. The SMILES string of the molecule is Cc1cc(N)nc(C)c1CNC(=O)c1ccc2c(c1)C1OC2c2ccc(C3=C(F)[C+]=CC(Cl)=C3)cc21. The number of amides is 1. The van der Waals surface area contributed by atoms with E-state index in [0.717, 1.165) is 39.1 Å². The van der Waals surface area contributed by atoms with Gasteiger partial charge < -0.3 is 15.8 Å². The second kappa shape index (κ2) is 8.38. The number of ether oxygens (including phenoxy) is 1. The molecule has 1 amide bonds. The van der Waals surface area contributed by atoms with Crippen LogP contribution in [0.15, 0.2) is 65.5 Å². The molecule has 0 fully saturated rings. The third kappa shape index (κ3) is 3.62. The first-order valence-electron chi connectivity index (χ1n) is 11.6. The molecule has 7 heteroatoms. The van der Waals surface area contributed by atoms with Gasteiger partial charge in [0.15, 0.2) is 5.03 Å². The number of hydrogen-bond acceptors (Lipinski definition) is 4. The van der Waals surface area contributed by atoms with Crippen LogP contribution in [0.1, 0.15) is 67.2 Å². The number of hydrogen-bond donors (Lipinski definition) is 2. The number of aryl methyl sites for hydroxylation is 2. The van der Waals surface area contributed by atoms with Gasteiger partial charge in [0.25, 0.3) is 11.7 Å². The van der Waals surface area contributed by atoms with Crippen molar-refractivity contribution in [2.75, 3.05) is 5.73 Å². The second-order valence-electron chi connectivity index (χ2n) is 9.24. The second-order valence-corrected chi connectivity index (χ2v) is 9.68. The number of halogens is 2. The minimum Gasteiger partial charge on any atom is -0.384 e. The number of anilines is 1. The van der Waals surface area contributed by atoms with Crippen LogP contribution < -0.4 is 11.1 Å². The zero-order valence-electron chi connectivity index (χ0n) is 19.7. The van der Waals surface area contributed by atoms with E-state index in [-0.39, 0.29) is 18.1 Å². The minimum atomic E-state index is -0.454. The summed E-state index contributed by atoms with van der Waals surface area (Å²) in [6.07, 6.45) is 5.04. The average Bonchev–Trinajstić information content (AvgIpc) is 3.41. The summed E-state index contributed by atoms with van der Waals surface area (Å²) < 4.78 is 20.7. The number of carbonyl (C=O) groups excluding carboxylic acids is 1. The summed E-state index contributed by atoms with van der Waals surface area (Å²) in [6, 6.07) is 13.3. The van der Waals surface area contributed by atoms with Crippen molar-refractivity contribution in [3.05, 3.63) is 122 Å². The number of nitrogen functional groups attached to an aromatic ring is 1. The van der Waals surface area contributed by atoms with Gasteiger partial charge in [0.1, 0.15) is 29.7 Å². The van der Waals surface area contributed by atoms with E-state index in [1.165, 1.54) is 6.08 Å². The molecule has 2 bridgehead atoms. The maximum Gasteiger partial charge on any atom is 0.293 e. The topological polar surface area (TPSA) is 77.2 Å². The number of nitrogens with two attached hydrogens (primary N) is 1. The average molecular weight is 499 g/mol. The predicted octanol–water partition coefficient (Wildman–Crippen LogP) is 5.91. The van der Waals surface area contributed by atoms with Crippen molar-refractivity contribution in [2.45, 2.75) is 32.6 Å². The van der Waals surface area contributed by atoms with Crippen LogP contribution in [0.25, 0.3) is 5.57 Å². The zero-order chi connectivity index (χ0) is 25.1. The first-order chi connectivity index (χ1) is 17.3. The number of aromatic nitrogens is 1. The molecule has 1 aliphatic carbocycles. The van der Waals surface area contributed by atoms with Crippen molar-refractivity contribution < 1.29 is 13.9 Å². The van der Waals surface area contributed by atoms with Crippen molar-refractivity contribution in [1.29, 1.82) is 0 Å². The van der Waals surface area contributed by atoms with Crippen LogP contribution in [-0.4, -0.2) is 10.9 Å². The molecule has 2 atom stereocenters. The van der Waals surface area contributed by atoms with Crippen molar-refractivity contribution in [2.24, 2.45) is 0 Å². The lowest BCUT2D eigenvalue weighted by atomic mass is 9.83. The Bertz CT molecular complexity index is 1530. The molecule has 2 aliphatic heterocycles. The van der Waals surface area contributed by atoms with Gasteiger partial charge in [-0.3, -0.25) is 4.79 Å². The number of benzene rings is 2. The molecule has 178 valence electrons. The normalized spacial score (nSPS) is 19.1. The van der Waals surface area contributed by atoms with E-state index in [9.17, 15) is 9.18 Å². The maximum atomic E-state index is 14.4. The Morgan fingerprint density at radius 3 is 2.61 bits per heavy atom. The molecule has 3 aliphatic rings. The van der Waals surface area contributed by atoms with Gasteiger partial charge >= 0.3 is 0 Å². The molecule has 3 N–H and O–H groups in total. The Labute approximate surface area is 213 Å². The highest BCUT2D eigenvalue weighted by molar-refractivity contribution is 6.32. The summed E-state index contributed by atoms with van der Waals surface area (Å²) in [5.41, 5.74) is 14.2. The van der Waals surface area contributed by atoms with Gasteiger partial charge in [0.05, 0.1) is 12.2 Å². The van der Waals surface area contributed by atoms with Gasteiger partial charge in [-0.15, -0.1) is 0 Å². The highest BCUT2D eigenvalue weighted by Gasteiger charge is 2.43. The summed E-state index contributed by atoms with van der Waals surface area (Å²) in [7, 11) is 0. The first kappa shape index (κ1) is 22.6. The lowest BCUT2D eigenvalue weighted by Crippen LogP contribution is -2.24. The van der Waals surface area contributed by atoms with Crippen LogP contribution in [-0.2, 0) is 11.3 Å². The van der Waals surface area contributed by atoms with Gasteiger partial charge in [-0.2, -0.15) is 4.39 Å². The summed E-state index contributed by atoms with van der Waals surface area (Å²) >= 11 is 6.08. The molecule has 5 nitrogen and oxygen atoms in total. The van der Waals surface area contributed by atoms with Gasteiger partial charge in [-0.25, -0.2) is 4.98 Å². The van der Waals surface area contributed by atoms with E-state index < -0.39 is 5.83 Å². The lowest BCUT2D eigenvalue weighted by molar-refractivity contribution is 0.0857. The van der Waals surface area contributed by atoms with E-state index in [4.69, 9.17) is 22.1 Å². The molecule has 0 radical (unpaired) electrons. The summed E-state index contributed by atoms with van der Waals surface area (Å²) in [5.74, 6) is -0.167. The Balaban J connectivity index is 1.27. The van der Waals surface area contributed by atoms with Gasteiger partial charge in [-0.1, -0.05) is 12.1 Å². The Hall–Kier alpha value is -3.83. The molecule has 6 rings (SSSR count). The van der Waals surface area contributed by atoms with Gasteiger partial charge in [0.2, 0.25) is 0 Å². The number of rotatable bonds is 4. The molecular weight excluding hydrogens is 477 g/mol. The number of pyridine rings is 1. The van der Waals surface area contributed by atoms with Crippen molar-refractivity contribution in [3.8, 4) is 0 Å². The Kier molecular flexibility index (Phi) is 5.27. The molecule has 3 aromatic rings. The fourth-order valence-corrected chi connectivity index (χ4v) is 5.41. The standard InChI is InChI=1S/C29H21ClFN3O2/c1-14-9-26(32)34-15(2)24(14)13-33-29(35)17-4-7-20-23(11-17)28-22-10-16(3-6-19(22)27(20)36-28)21-12-18(30)5-8-25(21)31/h3-7,9-12,27-28H,13H2,1-2H3,(H2-,32,33,34,35)/p+1. The molecule has 2 unspecified atom stereocenters. The monoisotopic (exact) mass is 498 g/mol. The molecule has 2 aromatic carbocycles. The largest absolute Gasteiger partial charge is 0.384 e. The van der Waals surface area contributed by atoms with Crippen molar-refractivity contribution in [1.82, 2.24) is 10.3 Å². The van der Waals surface area contributed by atoms with Crippen LogP contribution in [0.5, 0.6) is 0 Å². The number of fused-ring (bicyclic) bond motifs is 8. The number of carbonyl (C=O) groups is 1. The number of nitrogens with one attached hydrogen (secondary N) is 1. The minimum absolute atomic E-state index is 0.179. The van der Waals surface area contributed by atoms with E-state index >= 15 is 0 Å². The molecule has 1 aromatic heterocycles. The Morgan fingerprint density at radius 2 is 1.83 bits per heavy atom. The van der Waals surface area contributed by atoms with E-state index in [2.05, 4.69) is 16.4 Å². The van der Waals surface area contributed by atoms with E-state index in [0.29, 0.717) is 34.1 Å². The molecular formula is C29H22ClFN3O2+. The zero-order valence-corrected chi connectivity index (χ0v) is 20.4. The van der Waals surface area contributed by atoms with Gasteiger partial charge in [-0.05, 0) is 77.6 Å². The third-order valence-corrected chi connectivity index (χ3v) is 7.22. The van der Waals surface area contributed by atoms with Crippen LogP contribution in [0.3, 0.4) is 0 Å².